The molecular weight excluding hydrogens is 164 g/mol. The molecule has 13 heavy (non-hydrogen) atoms. The molecule has 0 fully saturated rings. The second-order valence-electron chi connectivity index (χ2n) is 3.04. The number of H-pyrrole nitrogens is 1. The molecule has 1 aliphatic heterocycles. The Morgan fingerprint density at radius 1 is 1.38 bits per heavy atom. The molecule has 1 N–H and O–H groups in total. The van der Waals surface area contributed by atoms with E-state index in [1.54, 1.807) is 12.5 Å². The number of aromatic nitrogens is 1. The van der Waals surface area contributed by atoms with Gasteiger partial charge in [0.25, 0.3) is 0 Å². The summed E-state index contributed by atoms with van der Waals surface area (Å²) in [7, 11) is 0. The van der Waals surface area contributed by atoms with Crippen molar-refractivity contribution in [1.82, 2.24) is 4.98 Å². The molecule has 0 spiro atoms. The van der Waals surface area contributed by atoms with Gasteiger partial charge in [-0.3, -0.25) is 4.99 Å². The summed E-state index contributed by atoms with van der Waals surface area (Å²) in [4.78, 5) is 7.39. The summed E-state index contributed by atoms with van der Waals surface area (Å²) in [6.45, 7) is 0. The predicted octanol–water partition coefficient (Wildman–Crippen LogP) is 2.02. The van der Waals surface area contributed by atoms with Crippen LogP contribution in [0.1, 0.15) is 17.4 Å². The molecule has 3 rings (SSSR count). The lowest BCUT2D eigenvalue weighted by Gasteiger charge is -2.22. The molecule has 0 bridgehead atoms. The Balaban J connectivity index is 2.17. The summed E-state index contributed by atoms with van der Waals surface area (Å²) >= 11 is 0. The summed E-state index contributed by atoms with van der Waals surface area (Å²) in [5.41, 5.74) is 3.24. The maximum Gasteiger partial charge on any atom is 0.167 e. The molecule has 3 nitrogen and oxygen atoms in total. The number of nitrogens with one attached hydrogen (secondary N) is 1. The third-order valence-corrected chi connectivity index (χ3v) is 2.28. The zero-order chi connectivity index (χ0) is 8.67. The predicted molar refractivity (Wildman–Crippen MR) is 50.2 cm³/mol. The van der Waals surface area contributed by atoms with E-state index in [1.165, 1.54) is 0 Å². The monoisotopic (exact) mass is 172 g/mol. The standard InChI is InChI=1S/C10H8N2O/c1-2-9-10(13-6-5-12-9)7-3-4-11-8(1)7/h1-6,10-11H. The van der Waals surface area contributed by atoms with Gasteiger partial charge in [0.15, 0.2) is 6.10 Å². The first-order chi connectivity index (χ1) is 6.45. The molecular formula is C10H8N2O. The number of hydrogen-bond acceptors (Lipinski definition) is 2. The van der Waals surface area contributed by atoms with Gasteiger partial charge in [-0.1, -0.05) is 0 Å². The van der Waals surface area contributed by atoms with Gasteiger partial charge in [-0.05, 0) is 18.2 Å². The summed E-state index contributed by atoms with van der Waals surface area (Å²) < 4.78 is 5.48. The van der Waals surface area contributed by atoms with Gasteiger partial charge in [0, 0.05) is 17.5 Å². The van der Waals surface area contributed by atoms with Crippen molar-refractivity contribution >= 4 is 11.8 Å². The van der Waals surface area contributed by atoms with Crippen LogP contribution in [0.2, 0.25) is 0 Å². The maximum absolute atomic E-state index is 5.48. The summed E-state index contributed by atoms with van der Waals surface area (Å²) in [6.07, 6.45) is 9.20. The molecule has 1 aliphatic carbocycles. The zero-order valence-corrected chi connectivity index (χ0v) is 6.90. The van der Waals surface area contributed by atoms with E-state index in [0.29, 0.717) is 0 Å². The highest BCUT2D eigenvalue weighted by molar-refractivity contribution is 6.05. The Labute approximate surface area is 75.4 Å². The summed E-state index contributed by atoms with van der Waals surface area (Å²) in [5, 5.41) is 0. The van der Waals surface area contributed by atoms with Crippen LogP contribution < -0.4 is 0 Å². The highest BCUT2D eigenvalue weighted by Gasteiger charge is 2.24. The van der Waals surface area contributed by atoms with Crippen LogP contribution in [-0.2, 0) is 4.74 Å². The number of hydrogen-bond donors (Lipinski definition) is 1. The van der Waals surface area contributed by atoms with Gasteiger partial charge in [0.1, 0.15) is 6.26 Å². The molecule has 0 amide bonds. The summed E-state index contributed by atoms with van der Waals surface area (Å²) in [6, 6.07) is 2.03. The van der Waals surface area contributed by atoms with Crippen LogP contribution in [-0.4, -0.2) is 10.7 Å². The Bertz CT molecular complexity index is 426. The number of aromatic amines is 1. The Kier molecular flexibility index (Phi) is 1.22. The van der Waals surface area contributed by atoms with E-state index in [4.69, 9.17) is 4.74 Å². The van der Waals surface area contributed by atoms with Gasteiger partial charge in [0.05, 0.1) is 11.9 Å². The number of fused-ring (bicyclic) bond motifs is 3. The minimum atomic E-state index is -0.0174. The fraction of sp³-hybridized carbons (Fsp3) is 0.100. The van der Waals surface area contributed by atoms with Crippen LogP contribution >= 0.6 is 0 Å². The van der Waals surface area contributed by atoms with Crippen molar-refractivity contribution < 1.29 is 4.74 Å². The second-order valence-corrected chi connectivity index (χ2v) is 3.04. The minimum absolute atomic E-state index is 0.0174. The quantitative estimate of drug-likeness (QED) is 0.638. The molecule has 0 saturated carbocycles. The molecule has 64 valence electrons. The topological polar surface area (TPSA) is 37.4 Å². The van der Waals surface area contributed by atoms with E-state index < -0.39 is 0 Å². The second kappa shape index (κ2) is 2.36. The molecule has 1 unspecified atom stereocenters. The molecule has 0 aromatic carbocycles. The molecule has 1 aromatic rings. The number of nitrogens with zero attached hydrogens (tertiary/aromatic N) is 1. The van der Waals surface area contributed by atoms with Crippen molar-refractivity contribution in [2.75, 3.05) is 0 Å². The maximum atomic E-state index is 5.48. The average molecular weight is 172 g/mol. The Morgan fingerprint density at radius 2 is 2.38 bits per heavy atom. The average Bonchev–Trinajstić information content (AvgIpc) is 2.65. The minimum Gasteiger partial charge on any atom is -0.485 e. The zero-order valence-electron chi connectivity index (χ0n) is 6.90. The van der Waals surface area contributed by atoms with Crippen molar-refractivity contribution in [3.05, 3.63) is 42.1 Å². The summed E-state index contributed by atoms with van der Waals surface area (Å²) in [5.74, 6) is 0. The number of rotatable bonds is 0. The molecule has 1 atom stereocenters. The van der Waals surface area contributed by atoms with Crippen molar-refractivity contribution in [3.8, 4) is 0 Å². The van der Waals surface area contributed by atoms with Crippen LogP contribution in [0.15, 0.2) is 35.8 Å². The van der Waals surface area contributed by atoms with Gasteiger partial charge in [-0.2, -0.15) is 0 Å². The van der Waals surface area contributed by atoms with Gasteiger partial charge in [-0.25, -0.2) is 0 Å². The van der Waals surface area contributed by atoms with E-state index in [9.17, 15) is 0 Å². The van der Waals surface area contributed by atoms with E-state index in [0.717, 1.165) is 17.0 Å². The third kappa shape index (κ3) is 0.869. The lowest BCUT2D eigenvalue weighted by molar-refractivity contribution is 0.202. The van der Waals surface area contributed by atoms with Crippen LogP contribution in [0.4, 0.5) is 0 Å². The Hall–Kier alpha value is -1.77. The van der Waals surface area contributed by atoms with E-state index in [-0.39, 0.29) is 6.10 Å². The SMILES string of the molecule is C1=COC2C(=N1)C=Cc1[nH]ccc12. The van der Waals surface area contributed by atoms with Crippen LogP contribution in [0, 0.1) is 0 Å². The van der Waals surface area contributed by atoms with Crippen LogP contribution in [0.25, 0.3) is 6.08 Å². The van der Waals surface area contributed by atoms with Gasteiger partial charge in [-0.15, -0.1) is 0 Å². The molecule has 0 saturated heterocycles. The van der Waals surface area contributed by atoms with Crippen LogP contribution in [0.5, 0.6) is 0 Å². The van der Waals surface area contributed by atoms with E-state index >= 15 is 0 Å². The highest BCUT2D eigenvalue weighted by atomic mass is 16.5. The van der Waals surface area contributed by atoms with Gasteiger partial charge < -0.3 is 9.72 Å². The first kappa shape index (κ1) is 6.71. The first-order valence-electron chi connectivity index (χ1n) is 4.19. The molecule has 2 aliphatic rings. The van der Waals surface area contributed by atoms with E-state index in [1.807, 2.05) is 24.4 Å². The van der Waals surface area contributed by atoms with Crippen molar-refractivity contribution in [3.63, 3.8) is 0 Å². The number of aliphatic imine (C=N–C) groups is 1. The first-order valence-corrected chi connectivity index (χ1v) is 4.19. The fourth-order valence-corrected chi connectivity index (χ4v) is 1.67. The smallest absolute Gasteiger partial charge is 0.167 e. The fourth-order valence-electron chi connectivity index (χ4n) is 1.67. The Morgan fingerprint density at radius 3 is 3.38 bits per heavy atom. The molecule has 2 heterocycles. The van der Waals surface area contributed by atoms with Gasteiger partial charge in [0.2, 0.25) is 0 Å². The lowest BCUT2D eigenvalue weighted by Crippen LogP contribution is -2.17. The third-order valence-electron chi connectivity index (χ3n) is 2.28. The molecule has 3 heteroatoms. The molecule has 1 aromatic heterocycles. The number of ether oxygens (including phenoxy) is 1. The van der Waals surface area contributed by atoms with Crippen LogP contribution in [0.3, 0.4) is 0 Å². The largest absolute Gasteiger partial charge is 0.485 e. The lowest BCUT2D eigenvalue weighted by atomic mass is 9.99. The van der Waals surface area contributed by atoms with Crippen molar-refractivity contribution in [2.45, 2.75) is 6.10 Å². The van der Waals surface area contributed by atoms with Crippen molar-refractivity contribution in [1.29, 1.82) is 0 Å². The molecule has 0 radical (unpaired) electrons. The van der Waals surface area contributed by atoms with Gasteiger partial charge >= 0.3 is 0 Å². The normalized spacial score (nSPS) is 23.1. The van der Waals surface area contributed by atoms with Crippen molar-refractivity contribution in [2.24, 2.45) is 4.99 Å². The highest BCUT2D eigenvalue weighted by Crippen LogP contribution is 2.30. The van der Waals surface area contributed by atoms with E-state index in [2.05, 4.69) is 9.98 Å².